The largest absolute Gasteiger partial charge is 0.462 e. The topological polar surface area (TPSA) is 26.3 Å². The van der Waals surface area contributed by atoms with E-state index < -0.39 is 60.4 Å². The number of carbonyl (C=O) groups excluding carboxylic acids is 1. The van der Waals surface area contributed by atoms with Crippen molar-refractivity contribution in [3.05, 3.63) is 12.2 Å². The van der Waals surface area contributed by atoms with Gasteiger partial charge in [0, 0.05) is 12.0 Å². The molecule has 0 fully saturated rings. The van der Waals surface area contributed by atoms with Crippen molar-refractivity contribution >= 4 is 5.97 Å². The van der Waals surface area contributed by atoms with Crippen molar-refractivity contribution in [2.24, 2.45) is 0 Å². The van der Waals surface area contributed by atoms with E-state index in [-0.39, 0.29) is 6.42 Å². The highest BCUT2D eigenvalue weighted by molar-refractivity contribution is 5.87. The molecule has 0 atom stereocenters. The fourth-order valence-corrected chi connectivity index (χ4v) is 1.87. The quantitative estimate of drug-likeness (QED) is 0.150. The van der Waals surface area contributed by atoms with Crippen LogP contribution in [0.3, 0.4) is 0 Å². The highest BCUT2D eigenvalue weighted by atomic mass is 19.4. The average molecular weight is 474 g/mol. The van der Waals surface area contributed by atoms with E-state index in [2.05, 4.69) is 11.3 Å². The van der Waals surface area contributed by atoms with Gasteiger partial charge in [-0.15, -0.1) is 0 Å². The minimum absolute atomic E-state index is 0.179. The number of halogens is 13. The SMILES string of the molecule is C=C(CC(F)(F)C(F)(F)C(F)(F)C(F)(F)C(F)(F)C(F)(F)F)C(=O)OCCCCC. The Kier molecular flexibility index (Phi) is 8.31. The Balaban J connectivity index is 5.75. The molecule has 0 aromatic rings. The van der Waals surface area contributed by atoms with Gasteiger partial charge in [0.2, 0.25) is 0 Å². The predicted octanol–water partition coefficient (Wildman–Crippen LogP) is 6.40. The van der Waals surface area contributed by atoms with Crippen LogP contribution in [0.1, 0.15) is 32.6 Å². The molecule has 15 heteroatoms. The Labute approximate surface area is 161 Å². The van der Waals surface area contributed by atoms with Crippen molar-refractivity contribution in [3.8, 4) is 0 Å². The summed E-state index contributed by atoms with van der Waals surface area (Å²) in [5.74, 6) is -39.3. The molecule has 0 amide bonds. The molecule has 30 heavy (non-hydrogen) atoms. The summed E-state index contributed by atoms with van der Waals surface area (Å²) in [6, 6.07) is 0. The van der Waals surface area contributed by atoms with E-state index >= 15 is 0 Å². The van der Waals surface area contributed by atoms with Gasteiger partial charge in [0.05, 0.1) is 6.61 Å². The summed E-state index contributed by atoms with van der Waals surface area (Å²) in [5.41, 5.74) is -1.63. The Morgan fingerprint density at radius 1 is 0.733 bits per heavy atom. The van der Waals surface area contributed by atoms with Gasteiger partial charge >= 0.3 is 41.8 Å². The lowest BCUT2D eigenvalue weighted by atomic mass is 9.91. The molecule has 0 aliphatic carbocycles. The van der Waals surface area contributed by atoms with Crippen LogP contribution in [0.4, 0.5) is 57.1 Å². The number of ether oxygens (including phenoxy) is 1. The number of alkyl halides is 13. The first kappa shape index (κ1) is 28.3. The Morgan fingerprint density at radius 3 is 1.57 bits per heavy atom. The van der Waals surface area contributed by atoms with Crippen LogP contribution in [0.2, 0.25) is 0 Å². The number of hydrogen-bond acceptors (Lipinski definition) is 2. The Hall–Kier alpha value is -1.70. The van der Waals surface area contributed by atoms with E-state index in [0.717, 1.165) is 0 Å². The highest BCUT2D eigenvalue weighted by Crippen LogP contribution is 2.60. The number of carbonyl (C=O) groups is 1. The van der Waals surface area contributed by atoms with Crippen molar-refractivity contribution in [1.29, 1.82) is 0 Å². The van der Waals surface area contributed by atoms with Gasteiger partial charge in [-0.25, -0.2) is 4.79 Å². The lowest BCUT2D eigenvalue weighted by Gasteiger charge is -2.39. The molecule has 0 aliphatic rings. The van der Waals surface area contributed by atoms with Crippen LogP contribution in [0, 0.1) is 0 Å². The van der Waals surface area contributed by atoms with Crippen LogP contribution in [-0.4, -0.2) is 48.4 Å². The third kappa shape index (κ3) is 4.95. The van der Waals surface area contributed by atoms with Crippen LogP contribution >= 0.6 is 0 Å². The lowest BCUT2D eigenvalue weighted by Crippen LogP contribution is -2.70. The zero-order valence-electron chi connectivity index (χ0n) is 15.0. The third-order valence-electron chi connectivity index (χ3n) is 3.70. The molecule has 0 saturated carbocycles. The fourth-order valence-electron chi connectivity index (χ4n) is 1.87. The first-order valence-corrected chi connectivity index (χ1v) is 7.92. The van der Waals surface area contributed by atoms with Crippen molar-refractivity contribution < 1.29 is 66.6 Å². The van der Waals surface area contributed by atoms with E-state index in [0.29, 0.717) is 12.8 Å². The van der Waals surface area contributed by atoms with E-state index in [1.165, 1.54) is 0 Å². The fraction of sp³-hybridized carbons (Fsp3) is 0.800. The maximum absolute atomic E-state index is 13.6. The van der Waals surface area contributed by atoms with E-state index in [9.17, 15) is 61.9 Å². The maximum Gasteiger partial charge on any atom is 0.460 e. The molecule has 178 valence electrons. The highest BCUT2D eigenvalue weighted by Gasteiger charge is 2.90. The van der Waals surface area contributed by atoms with Crippen molar-refractivity contribution in [2.45, 2.75) is 68.4 Å². The molecule has 0 heterocycles. The smallest absolute Gasteiger partial charge is 0.460 e. The summed E-state index contributed by atoms with van der Waals surface area (Å²) in [6.07, 6.45) is -9.00. The molecule has 0 unspecified atom stereocenters. The molecular formula is C15H15F13O2. The van der Waals surface area contributed by atoms with Gasteiger partial charge in [0.15, 0.2) is 0 Å². The average Bonchev–Trinajstić information content (AvgIpc) is 2.56. The van der Waals surface area contributed by atoms with Crippen LogP contribution in [0.5, 0.6) is 0 Å². The standard InChI is InChI=1S/C15H15F13O2/c1-3-4-5-6-30-9(29)8(2)7-10(16,17)11(18,19)12(20,21)13(22,23)14(24,25)15(26,27)28/h2-7H2,1H3. The number of unbranched alkanes of at least 4 members (excludes halogenated alkanes) is 2. The second kappa shape index (κ2) is 8.81. The molecule has 0 radical (unpaired) electrons. The van der Waals surface area contributed by atoms with Gasteiger partial charge < -0.3 is 4.74 Å². The second-order valence-corrected chi connectivity index (χ2v) is 6.12. The molecule has 0 aliphatic heterocycles. The molecule has 0 rings (SSSR count). The minimum atomic E-state index is -7.98. The molecule has 2 nitrogen and oxygen atoms in total. The molecule has 0 saturated heterocycles. The Morgan fingerprint density at radius 2 is 1.17 bits per heavy atom. The monoisotopic (exact) mass is 474 g/mol. The third-order valence-corrected chi connectivity index (χ3v) is 3.70. The number of rotatable bonds is 11. The summed E-state index contributed by atoms with van der Waals surface area (Å²) in [4.78, 5) is 11.3. The summed E-state index contributed by atoms with van der Waals surface area (Å²) in [7, 11) is 0. The number of esters is 1. The van der Waals surface area contributed by atoms with Gasteiger partial charge in [0.1, 0.15) is 0 Å². The summed E-state index contributed by atoms with van der Waals surface area (Å²) >= 11 is 0. The van der Waals surface area contributed by atoms with Crippen LogP contribution in [0.15, 0.2) is 12.2 Å². The van der Waals surface area contributed by atoms with Gasteiger partial charge in [-0.1, -0.05) is 26.3 Å². The van der Waals surface area contributed by atoms with Crippen molar-refractivity contribution in [1.82, 2.24) is 0 Å². The first-order chi connectivity index (χ1) is 13.1. The van der Waals surface area contributed by atoms with Crippen molar-refractivity contribution in [3.63, 3.8) is 0 Å². The molecule has 0 spiro atoms. The normalized spacial score (nSPS) is 14.6. The summed E-state index contributed by atoms with van der Waals surface area (Å²) in [5, 5.41) is 0. The Bertz CT molecular complexity index is 623. The predicted molar refractivity (Wildman–Crippen MR) is 75.0 cm³/mol. The van der Waals surface area contributed by atoms with Gasteiger partial charge in [-0.2, -0.15) is 57.1 Å². The van der Waals surface area contributed by atoms with E-state index in [1.54, 1.807) is 6.92 Å². The van der Waals surface area contributed by atoms with Crippen LogP contribution in [0.25, 0.3) is 0 Å². The summed E-state index contributed by atoms with van der Waals surface area (Å²) in [6.45, 7) is 3.82. The minimum Gasteiger partial charge on any atom is -0.462 e. The molecule has 0 aromatic heterocycles. The lowest BCUT2D eigenvalue weighted by molar-refractivity contribution is -0.439. The van der Waals surface area contributed by atoms with Gasteiger partial charge in [-0.05, 0) is 6.42 Å². The first-order valence-electron chi connectivity index (χ1n) is 7.92. The molecule has 0 bridgehead atoms. The van der Waals surface area contributed by atoms with E-state index in [1.807, 2.05) is 0 Å². The van der Waals surface area contributed by atoms with Crippen LogP contribution in [-0.2, 0) is 9.53 Å². The van der Waals surface area contributed by atoms with E-state index in [4.69, 9.17) is 0 Å². The maximum atomic E-state index is 13.6. The zero-order chi connectivity index (χ0) is 24.4. The molecular weight excluding hydrogens is 459 g/mol. The molecule has 0 N–H and O–H groups in total. The second-order valence-electron chi connectivity index (χ2n) is 6.12. The zero-order valence-corrected chi connectivity index (χ0v) is 15.0. The summed E-state index contributed by atoms with van der Waals surface area (Å²) < 4.78 is 173. The van der Waals surface area contributed by atoms with Crippen LogP contribution < -0.4 is 0 Å². The van der Waals surface area contributed by atoms with Gasteiger partial charge in [0.25, 0.3) is 0 Å². The molecule has 0 aromatic carbocycles. The van der Waals surface area contributed by atoms with Crippen molar-refractivity contribution in [2.75, 3.05) is 6.61 Å². The van der Waals surface area contributed by atoms with Gasteiger partial charge in [-0.3, -0.25) is 0 Å². The number of hydrogen-bond donors (Lipinski definition) is 0.